The van der Waals surface area contributed by atoms with Crippen LogP contribution in [-0.2, 0) is 24.0 Å². The van der Waals surface area contributed by atoms with Gasteiger partial charge in [0.1, 0.15) is 0 Å². The summed E-state index contributed by atoms with van der Waals surface area (Å²) < 4.78 is 1.78. The Kier molecular flexibility index (Phi) is 5.44. The maximum Gasteiger partial charge on any atom is 0.225 e. The van der Waals surface area contributed by atoms with E-state index in [2.05, 4.69) is 18.9 Å². The highest BCUT2D eigenvalue weighted by molar-refractivity contribution is 5.77. The summed E-state index contributed by atoms with van der Waals surface area (Å²) in [6.07, 6.45) is 2.00. The molecule has 0 spiro atoms. The SMILES string of the molecule is CC(C)c1nn(C)cc1CN(C)C(=O)CC(C)(O)c1ccccc1. The molecular formula is C19H27N3O2. The highest BCUT2D eigenvalue weighted by Crippen LogP contribution is 2.25. The fourth-order valence-electron chi connectivity index (χ4n) is 2.84. The molecule has 1 atom stereocenters. The molecule has 24 heavy (non-hydrogen) atoms. The van der Waals surface area contributed by atoms with Crippen LogP contribution in [0.4, 0.5) is 0 Å². The Hall–Kier alpha value is -2.14. The van der Waals surface area contributed by atoms with Crippen LogP contribution in [-0.4, -0.2) is 32.7 Å². The highest BCUT2D eigenvalue weighted by atomic mass is 16.3. The first-order valence-corrected chi connectivity index (χ1v) is 8.25. The molecule has 0 saturated heterocycles. The molecule has 0 fully saturated rings. The van der Waals surface area contributed by atoms with Gasteiger partial charge in [-0.05, 0) is 18.4 Å². The average Bonchev–Trinajstić information content (AvgIpc) is 2.88. The molecule has 1 unspecified atom stereocenters. The normalized spacial score (nSPS) is 13.8. The standard InChI is InChI=1S/C19H27N3O2/c1-14(2)18-15(13-22(5)20-18)12-21(4)17(23)11-19(3,24)16-9-7-6-8-10-16/h6-10,13-14,24H,11-12H2,1-5H3. The van der Waals surface area contributed by atoms with Gasteiger partial charge in [0.15, 0.2) is 0 Å². The van der Waals surface area contributed by atoms with Crippen LogP contribution in [0.3, 0.4) is 0 Å². The van der Waals surface area contributed by atoms with E-state index in [1.165, 1.54) is 0 Å². The summed E-state index contributed by atoms with van der Waals surface area (Å²) >= 11 is 0. The smallest absolute Gasteiger partial charge is 0.225 e. The molecule has 0 aliphatic rings. The highest BCUT2D eigenvalue weighted by Gasteiger charge is 2.28. The monoisotopic (exact) mass is 329 g/mol. The zero-order valence-electron chi connectivity index (χ0n) is 15.2. The van der Waals surface area contributed by atoms with E-state index >= 15 is 0 Å². The lowest BCUT2D eigenvalue weighted by Crippen LogP contribution is -2.34. The zero-order valence-corrected chi connectivity index (χ0v) is 15.2. The van der Waals surface area contributed by atoms with Crippen molar-refractivity contribution in [1.82, 2.24) is 14.7 Å². The zero-order chi connectivity index (χ0) is 17.9. The molecule has 0 bridgehead atoms. The minimum absolute atomic E-state index is 0.0464. The van der Waals surface area contributed by atoms with Gasteiger partial charge in [-0.1, -0.05) is 44.2 Å². The van der Waals surface area contributed by atoms with E-state index in [4.69, 9.17) is 0 Å². The number of benzene rings is 1. The third-order valence-electron chi connectivity index (χ3n) is 4.21. The van der Waals surface area contributed by atoms with Gasteiger partial charge in [0, 0.05) is 32.4 Å². The second-order valence-electron chi connectivity index (χ2n) is 6.93. The van der Waals surface area contributed by atoms with Crippen LogP contribution in [0.1, 0.15) is 49.9 Å². The van der Waals surface area contributed by atoms with Gasteiger partial charge in [-0.15, -0.1) is 0 Å². The molecular weight excluding hydrogens is 302 g/mol. The quantitative estimate of drug-likeness (QED) is 0.886. The van der Waals surface area contributed by atoms with Crippen molar-refractivity contribution in [2.45, 2.75) is 45.3 Å². The van der Waals surface area contributed by atoms with Crippen molar-refractivity contribution in [2.24, 2.45) is 7.05 Å². The van der Waals surface area contributed by atoms with E-state index < -0.39 is 5.60 Å². The number of nitrogens with zero attached hydrogens (tertiary/aromatic N) is 3. The molecule has 1 amide bonds. The molecule has 2 rings (SSSR count). The molecule has 5 heteroatoms. The first-order chi connectivity index (χ1) is 11.2. The summed E-state index contributed by atoms with van der Waals surface area (Å²) in [5.41, 5.74) is 1.62. The molecule has 1 heterocycles. The van der Waals surface area contributed by atoms with Gasteiger partial charge < -0.3 is 10.0 Å². The Balaban J connectivity index is 2.08. The Morgan fingerprint density at radius 1 is 1.33 bits per heavy atom. The summed E-state index contributed by atoms with van der Waals surface area (Å²) in [7, 11) is 3.65. The van der Waals surface area contributed by atoms with Crippen molar-refractivity contribution in [1.29, 1.82) is 0 Å². The summed E-state index contributed by atoms with van der Waals surface area (Å²) in [5, 5.41) is 15.1. The Bertz CT molecular complexity index is 690. The van der Waals surface area contributed by atoms with E-state index in [9.17, 15) is 9.90 Å². The molecule has 1 aromatic heterocycles. The van der Waals surface area contributed by atoms with Crippen LogP contribution in [0.5, 0.6) is 0 Å². The van der Waals surface area contributed by atoms with E-state index in [0.29, 0.717) is 12.5 Å². The van der Waals surface area contributed by atoms with Crippen LogP contribution in [0.2, 0.25) is 0 Å². The maximum atomic E-state index is 12.6. The number of aliphatic hydroxyl groups is 1. The lowest BCUT2D eigenvalue weighted by molar-refractivity contribution is -0.135. The van der Waals surface area contributed by atoms with Gasteiger partial charge >= 0.3 is 0 Å². The van der Waals surface area contributed by atoms with Crippen LogP contribution in [0, 0.1) is 0 Å². The minimum Gasteiger partial charge on any atom is -0.385 e. The predicted molar refractivity (Wildman–Crippen MR) is 94.4 cm³/mol. The number of aryl methyl sites for hydroxylation is 1. The number of carbonyl (C=O) groups is 1. The number of hydrogen-bond acceptors (Lipinski definition) is 3. The van der Waals surface area contributed by atoms with Gasteiger partial charge in [-0.3, -0.25) is 9.48 Å². The predicted octanol–water partition coefficient (Wildman–Crippen LogP) is 2.80. The van der Waals surface area contributed by atoms with Gasteiger partial charge in [0.2, 0.25) is 5.91 Å². The Morgan fingerprint density at radius 3 is 2.54 bits per heavy atom. The van der Waals surface area contributed by atoms with Crippen molar-refractivity contribution in [3.05, 3.63) is 53.3 Å². The van der Waals surface area contributed by atoms with Crippen molar-refractivity contribution in [3.63, 3.8) is 0 Å². The third-order valence-corrected chi connectivity index (χ3v) is 4.21. The number of amides is 1. The Labute approximate surface area is 143 Å². The average molecular weight is 329 g/mol. The van der Waals surface area contributed by atoms with Gasteiger partial charge in [-0.2, -0.15) is 5.10 Å². The fraction of sp³-hybridized carbons (Fsp3) is 0.474. The summed E-state index contributed by atoms with van der Waals surface area (Å²) in [4.78, 5) is 14.2. The van der Waals surface area contributed by atoms with E-state index in [1.54, 1.807) is 23.6 Å². The molecule has 0 saturated carbocycles. The topological polar surface area (TPSA) is 58.4 Å². The van der Waals surface area contributed by atoms with Crippen molar-refractivity contribution in [2.75, 3.05) is 7.05 Å². The van der Waals surface area contributed by atoms with Crippen LogP contribution in [0.25, 0.3) is 0 Å². The van der Waals surface area contributed by atoms with E-state index in [-0.39, 0.29) is 12.3 Å². The van der Waals surface area contributed by atoms with Crippen LogP contribution >= 0.6 is 0 Å². The first-order valence-electron chi connectivity index (χ1n) is 8.25. The lowest BCUT2D eigenvalue weighted by atomic mass is 9.92. The molecule has 0 radical (unpaired) electrons. The minimum atomic E-state index is -1.18. The van der Waals surface area contributed by atoms with Gasteiger partial charge in [0.25, 0.3) is 0 Å². The number of rotatable bonds is 6. The summed E-state index contributed by atoms with van der Waals surface area (Å²) in [6, 6.07) is 9.30. The molecule has 5 nitrogen and oxygen atoms in total. The second kappa shape index (κ2) is 7.18. The van der Waals surface area contributed by atoms with E-state index in [1.807, 2.05) is 43.6 Å². The first kappa shape index (κ1) is 18.2. The summed E-state index contributed by atoms with van der Waals surface area (Å²) in [5.74, 6) is 0.208. The maximum absolute atomic E-state index is 12.6. The second-order valence-corrected chi connectivity index (χ2v) is 6.93. The number of hydrogen-bond donors (Lipinski definition) is 1. The molecule has 1 aromatic carbocycles. The van der Waals surface area contributed by atoms with Gasteiger partial charge in [0.05, 0.1) is 17.7 Å². The fourth-order valence-corrected chi connectivity index (χ4v) is 2.84. The summed E-state index contributed by atoms with van der Waals surface area (Å²) in [6.45, 7) is 6.35. The van der Waals surface area contributed by atoms with Crippen LogP contribution in [0.15, 0.2) is 36.5 Å². The number of carbonyl (C=O) groups excluding carboxylic acids is 1. The lowest BCUT2D eigenvalue weighted by Gasteiger charge is -2.26. The molecule has 130 valence electrons. The molecule has 1 N–H and O–H groups in total. The van der Waals surface area contributed by atoms with Gasteiger partial charge in [-0.25, -0.2) is 0 Å². The molecule has 0 aliphatic carbocycles. The number of aromatic nitrogens is 2. The van der Waals surface area contributed by atoms with Crippen LogP contribution < -0.4 is 0 Å². The van der Waals surface area contributed by atoms with E-state index in [0.717, 1.165) is 16.8 Å². The molecule has 0 aliphatic heterocycles. The Morgan fingerprint density at radius 2 is 1.96 bits per heavy atom. The third kappa shape index (κ3) is 4.23. The molecule has 2 aromatic rings. The van der Waals surface area contributed by atoms with Crippen molar-refractivity contribution in [3.8, 4) is 0 Å². The van der Waals surface area contributed by atoms with Crippen molar-refractivity contribution < 1.29 is 9.90 Å². The van der Waals surface area contributed by atoms with Crippen molar-refractivity contribution >= 4 is 5.91 Å². The largest absolute Gasteiger partial charge is 0.385 e.